The lowest BCUT2D eigenvalue weighted by Crippen LogP contribution is -2.37. The minimum atomic E-state index is -0.369. The topological polar surface area (TPSA) is 74.3 Å². The van der Waals surface area contributed by atoms with Gasteiger partial charge in [-0.2, -0.15) is 11.8 Å². The summed E-state index contributed by atoms with van der Waals surface area (Å²) in [6.45, 7) is 2.80. The van der Waals surface area contributed by atoms with E-state index in [0.29, 0.717) is 12.2 Å². The predicted molar refractivity (Wildman–Crippen MR) is 72.8 cm³/mol. The van der Waals surface area contributed by atoms with Crippen molar-refractivity contribution in [2.45, 2.75) is 24.8 Å². The van der Waals surface area contributed by atoms with Crippen LogP contribution >= 0.6 is 11.8 Å². The van der Waals surface area contributed by atoms with Crippen molar-refractivity contribution in [3.63, 3.8) is 0 Å². The summed E-state index contributed by atoms with van der Waals surface area (Å²) in [5.41, 5.74) is 1.37. The Balaban J connectivity index is 2.48. The van der Waals surface area contributed by atoms with Crippen LogP contribution < -0.4 is 5.32 Å². The Morgan fingerprint density at radius 1 is 1.61 bits per heavy atom. The third kappa shape index (κ3) is 4.04. The quantitative estimate of drug-likeness (QED) is 0.646. The molecule has 2 atom stereocenters. The molecule has 0 amide bonds. The third-order valence-corrected chi connectivity index (χ3v) is 3.97. The molecule has 1 aromatic heterocycles. The molecule has 0 aliphatic carbocycles. The van der Waals surface area contributed by atoms with E-state index in [1.807, 2.05) is 19.2 Å². The van der Waals surface area contributed by atoms with E-state index in [1.54, 1.807) is 17.8 Å². The second-order valence-electron chi connectivity index (χ2n) is 4.02. The number of ether oxygens (including phenoxy) is 1. The second kappa shape index (κ2) is 7.45. The Morgan fingerprint density at radius 2 is 2.33 bits per heavy atom. The van der Waals surface area contributed by atoms with Gasteiger partial charge in [0.05, 0.1) is 13.7 Å². The van der Waals surface area contributed by atoms with Crippen molar-refractivity contribution in [3.8, 4) is 0 Å². The number of hydrogen-bond donors (Lipinski definition) is 3. The van der Waals surface area contributed by atoms with Crippen LogP contribution in [0.25, 0.3) is 0 Å². The highest BCUT2D eigenvalue weighted by molar-refractivity contribution is 7.99. The van der Waals surface area contributed by atoms with Crippen LogP contribution in [0.2, 0.25) is 0 Å². The van der Waals surface area contributed by atoms with E-state index in [-0.39, 0.29) is 23.9 Å². The third-order valence-electron chi connectivity index (χ3n) is 2.81. The molecule has 18 heavy (non-hydrogen) atoms. The van der Waals surface area contributed by atoms with Gasteiger partial charge in [0.15, 0.2) is 0 Å². The maximum atomic E-state index is 11.3. The van der Waals surface area contributed by atoms with E-state index < -0.39 is 0 Å². The number of nitrogens with one attached hydrogen (secondary N) is 2. The molecule has 1 rings (SSSR count). The summed E-state index contributed by atoms with van der Waals surface area (Å²) in [7, 11) is 1.35. The number of aliphatic hydroxyl groups excluding tert-OH is 1. The Hall–Kier alpha value is -0.980. The Labute approximate surface area is 111 Å². The number of rotatable bonds is 7. The Kier molecular flexibility index (Phi) is 6.24. The van der Waals surface area contributed by atoms with Gasteiger partial charge in [-0.05, 0) is 25.3 Å². The van der Waals surface area contributed by atoms with Crippen molar-refractivity contribution in [1.82, 2.24) is 10.3 Å². The van der Waals surface area contributed by atoms with Gasteiger partial charge in [-0.15, -0.1) is 0 Å². The summed E-state index contributed by atoms with van der Waals surface area (Å²) < 4.78 is 4.62. The lowest BCUT2D eigenvalue weighted by molar-refractivity contribution is 0.0594. The zero-order chi connectivity index (χ0) is 13.5. The van der Waals surface area contributed by atoms with E-state index in [9.17, 15) is 9.90 Å². The van der Waals surface area contributed by atoms with Crippen LogP contribution in [0.4, 0.5) is 0 Å². The fraction of sp³-hybridized carbons (Fsp3) is 0.583. The van der Waals surface area contributed by atoms with Crippen molar-refractivity contribution in [1.29, 1.82) is 0 Å². The second-order valence-corrected chi connectivity index (χ2v) is 5.09. The maximum Gasteiger partial charge on any atom is 0.354 e. The van der Waals surface area contributed by atoms with Crippen LogP contribution in [-0.2, 0) is 11.3 Å². The number of aliphatic hydroxyl groups is 1. The summed E-state index contributed by atoms with van der Waals surface area (Å²) in [6, 6.07) is 3.74. The molecule has 0 aliphatic rings. The first-order valence-electron chi connectivity index (χ1n) is 5.75. The highest BCUT2D eigenvalue weighted by Crippen LogP contribution is 2.11. The molecule has 6 heteroatoms. The lowest BCUT2D eigenvalue weighted by Gasteiger charge is -2.20. The molecule has 0 bridgehead atoms. The molecule has 0 aromatic carbocycles. The minimum absolute atomic E-state index is 0.146. The maximum absolute atomic E-state index is 11.3. The fourth-order valence-electron chi connectivity index (χ4n) is 1.61. The summed E-state index contributed by atoms with van der Waals surface area (Å²) in [5, 5.41) is 12.6. The molecule has 1 aromatic rings. The van der Waals surface area contributed by atoms with Crippen molar-refractivity contribution in [2.24, 2.45) is 0 Å². The highest BCUT2D eigenvalue weighted by Gasteiger charge is 2.15. The van der Waals surface area contributed by atoms with Gasteiger partial charge in [-0.1, -0.05) is 0 Å². The molecular formula is C12H20N2O3S. The van der Waals surface area contributed by atoms with Crippen LogP contribution in [0.1, 0.15) is 23.1 Å². The average Bonchev–Trinajstić information content (AvgIpc) is 2.85. The summed E-state index contributed by atoms with van der Waals surface area (Å²) >= 11 is 1.63. The summed E-state index contributed by atoms with van der Waals surface area (Å²) in [6.07, 6.45) is 1.98. The molecule has 0 saturated carbocycles. The molecule has 1 heterocycles. The van der Waals surface area contributed by atoms with Crippen molar-refractivity contribution >= 4 is 17.7 Å². The van der Waals surface area contributed by atoms with Gasteiger partial charge in [-0.3, -0.25) is 0 Å². The molecule has 0 spiro atoms. The van der Waals surface area contributed by atoms with Crippen molar-refractivity contribution in [3.05, 3.63) is 23.5 Å². The van der Waals surface area contributed by atoms with Gasteiger partial charge >= 0.3 is 5.97 Å². The number of carbonyl (C=O) groups is 1. The number of aromatic nitrogens is 1. The van der Waals surface area contributed by atoms with Crippen LogP contribution in [-0.4, -0.2) is 47.3 Å². The van der Waals surface area contributed by atoms with Crippen LogP contribution in [0.5, 0.6) is 0 Å². The number of thioether (sulfide) groups is 1. The van der Waals surface area contributed by atoms with E-state index >= 15 is 0 Å². The first-order chi connectivity index (χ1) is 8.62. The number of aromatic amines is 1. The summed E-state index contributed by atoms with van der Waals surface area (Å²) in [5.74, 6) is -0.369. The van der Waals surface area contributed by atoms with Crippen LogP contribution in [0.15, 0.2) is 12.1 Å². The van der Waals surface area contributed by atoms with E-state index in [4.69, 9.17) is 0 Å². The molecule has 2 unspecified atom stereocenters. The molecule has 5 nitrogen and oxygen atoms in total. The summed E-state index contributed by atoms with van der Waals surface area (Å²) in [4.78, 5) is 14.2. The Bertz CT molecular complexity index is 377. The molecule has 0 saturated heterocycles. The standard InChI is InChI=1S/C12H20N2O3S/c1-8(11(7-15)18-3)13-6-9-4-5-10(14-9)12(16)17-2/h4-5,8,11,13-15H,6-7H2,1-3H3. The van der Waals surface area contributed by atoms with Gasteiger partial charge in [0.25, 0.3) is 0 Å². The van der Waals surface area contributed by atoms with E-state index in [0.717, 1.165) is 5.69 Å². The van der Waals surface area contributed by atoms with Crippen LogP contribution in [0.3, 0.4) is 0 Å². The number of methoxy groups -OCH3 is 1. The highest BCUT2D eigenvalue weighted by atomic mass is 32.2. The molecular weight excluding hydrogens is 252 g/mol. The largest absolute Gasteiger partial charge is 0.464 e. The Morgan fingerprint density at radius 3 is 2.89 bits per heavy atom. The first-order valence-corrected chi connectivity index (χ1v) is 7.04. The number of carbonyl (C=O) groups excluding carboxylic acids is 1. The van der Waals surface area contributed by atoms with Gasteiger partial charge in [0.1, 0.15) is 5.69 Å². The average molecular weight is 272 g/mol. The number of hydrogen-bond acceptors (Lipinski definition) is 5. The lowest BCUT2D eigenvalue weighted by atomic mass is 10.2. The molecule has 0 fully saturated rings. The molecule has 0 radical (unpaired) electrons. The number of H-pyrrole nitrogens is 1. The van der Waals surface area contributed by atoms with Gasteiger partial charge in [0.2, 0.25) is 0 Å². The number of esters is 1. The first kappa shape index (κ1) is 15.1. The zero-order valence-corrected chi connectivity index (χ0v) is 11.7. The smallest absolute Gasteiger partial charge is 0.354 e. The van der Waals surface area contributed by atoms with Gasteiger partial charge < -0.3 is 20.1 Å². The predicted octanol–water partition coefficient (Wildman–Crippen LogP) is 1.00. The molecule has 102 valence electrons. The fourth-order valence-corrected chi connectivity index (χ4v) is 2.27. The van der Waals surface area contributed by atoms with Gasteiger partial charge in [-0.25, -0.2) is 4.79 Å². The minimum Gasteiger partial charge on any atom is -0.464 e. The van der Waals surface area contributed by atoms with E-state index in [2.05, 4.69) is 15.0 Å². The van der Waals surface area contributed by atoms with Crippen molar-refractivity contribution < 1.29 is 14.6 Å². The molecule has 3 N–H and O–H groups in total. The SMILES string of the molecule is COC(=O)c1ccc(CNC(C)C(CO)SC)[nH]1. The zero-order valence-electron chi connectivity index (χ0n) is 10.9. The van der Waals surface area contributed by atoms with Gasteiger partial charge in [0, 0.05) is 23.5 Å². The van der Waals surface area contributed by atoms with Crippen LogP contribution in [0, 0.1) is 0 Å². The molecule has 0 aliphatic heterocycles. The normalized spacial score (nSPS) is 14.2. The monoisotopic (exact) mass is 272 g/mol. The van der Waals surface area contributed by atoms with E-state index in [1.165, 1.54) is 7.11 Å². The van der Waals surface area contributed by atoms with Crippen molar-refractivity contribution in [2.75, 3.05) is 20.0 Å².